The highest BCUT2D eigenvalue weighted by Gasteiger charge is 2.34. The van der Waals surface area contributed by atoms with Gasteiger partial charge in [0.2, 0.25) is 0 Å². The van der Waals surface area contributed by atoms with Crippen molar-refractivity contribution in [2.75, 3.05) is 49.3 Å². The van der Waals surface area contributed by atoms with Crippen molar-refractivity contribution >= 4 is 57.4 Å². The predicted molar refractivity (Wildman–Crippen MR) is 201 cm³/mol. The number of nitrogens with zero attached hydrogens (tertiary/aromatic N) is 5. The standard InChI is InChI=1S/C39H41Cl2N5O5/c1-22-17-29(18-23(2)35(22)41)51-14-6-7-30-31-8-9-32(40)34(33-24(3)42-43(5)25(33)4)36(31)46-11-10-45(38(47)37(30)46)28-20-26(39(48)49)19-27(21-28)44-12-15-50-16-13-44/h8-9,17-21H,6-7,10-16H2,1-5H3,(H,48,49). The van der Waals surface area contributed by atoms with Crippen LogP contribution in [0.4, 0.5) is 11.4 Å². The van der Waals surface area contributed by atoms with E-state index in [-0.39, 0.29) is 11.5 Å². The van der Waals surface area contributed by atoms with Gasteiger partial charge in [-0.2, -0.15) is 5.10 Å². The van der Waals surface area contributed by atoms with E-state index >= 15 is 0 Å². The molecule has 2 aromatic heterocycles. The van der Waals surface area contributed by atoms with Crippen LogP contribution in [0.25, 0.3) is 22.0 Å². The van der Waals surface area contributed by atoms with E-state index in [1.165, 1.54) is 0 Å². The number of halogens is 2. The van der Waals surface area contributed by atoms with Crippen molar-refractivity contribution < 1.29 is 24.2 Å². The molecule has 0 atom stereocenters. The van der Waals surface area contributed by atoms with E-state index in [4.69, 9.17) is 32.7 Å². The molecule has 1 fully saturated rings. The number of anilines is 2. The summed E-state index contributed by atoms with van der Waals surface area (Å²) in [6, 6.07) is 13.0. The number of carboxylic acids is 1. The Morgan fingerprint density at radius 1 is 0.941 bits per heavy atom. The number of rotatable bonds is 9. The number of hydrogen-bond donors (Lipinski definition) is 1. The molecule has 0 unspecified atom stereocenters. The summed E-state index contributed by atoms with van der Waals surface area (Å²) in [5.74, 6) is -0.473. The van der Waals surface area contributed by atoms with Gasteiger partial charge in [-0.1, -0.05) is 29.3 Å². The summed E-state index contributed by atoms with van der Waals surface area (Å²) in [4.78, 5) is 31.0. The number of carbonyl (C=O) groups is 2. The molecule has 0 aliphatic carbocycles. The normalized spacial score (nSPS) is 14.8. The molecule has 3 aromatic carbocycles. The molecular formula is C39H41Cl2N5O5. The zero-order valence-corrected chi connectivity index (χ0v) is 31.0. The summed E-state index contributed by atoms with van der Waals surface area (Å²) in [7, 11) is 1.92. The Balaban J connectivity index is 1.32. The lowest BCUT2D eigenvalue weighted by Crippen LogP contribution is -2.41. The van der Waals surface area contributed by atoms with Gasteiger partial charge in [0.05, 0.1) is 41.6 Å². The van der Waals surface area contributed by atoms with Crippen LogP contribution >= 0.6 is 23.2 Å². The van der Waals surface area contributed by atoms with Crippen molar-refractivity contribution in [3.63, 3.8) is 0 Å². The van der Waals surface area contributed by atoms with Crippen LogP contribution in [-0.2, 0) is 24.8 Å². The Bertz CT molecular complexity index is 2180. The van der Waals surface area contributed by atoms with Gasteiger partial charge in [0.15, 0.2) is 0 Å². The quantitative estimate of drug-likeness (QED) is 0.155. The maximum Gasteiger partial charge on any atom is 0.335 e. The number of fused-ring (bicyclic) bond motifs is 3. The van der Waals surface area contributed by atoms with E-state index in [9.17, 15) is 14.7 Å². The SMILES string of the molecule is Cc1cc(OCCCc2c3n(c4c(-c5c(C)nn(C)c5C)c(Cl)ccc24)CCN(c2cc(C(=O)O)cc(N4CCOCC4)c2)C3=O)cc(C)c1Cl. The first-order chi connectivity index (χ1) is 24.4. The molecule has 2 aliphatic heterocycles. The molecule has 266 valence electrons. The van der Waals surface area contributed by atoms with Gasteiger partial charge in [-0.15, -0.1) is 0 Å². The van der Waals surface area contributed by atoms with Crippen molar-refractivity contribution in [2.24, 2.45) is 7.05 Å². The molecule has 10 nitrogen and oxygen atoms in total. The highest BCUT2D eigenvalue weighted by Crippen LogP contribution is 2.43. The third-order valence-corrected chi connectivity index (χ3v) is 11.0. The average molecular weight is 731 g/mol. The average Bonchev–Trinajstić information content (AvgIpc) is 3.57. The fraction of sp³-hybridized carbons (Fsp3) is 0.359. The van der Waals surface area contributed by atoms with E-state index in [0.717, 1.165) is 66.6 Å². The van der Waals surface area contributed by atoms with Crippen molar-refractivity contribution in [1.82, 2.24) is 14.3 Å². The van der Waals surface area contributed by atoms with Crippen LogP contribution < -0.4 is 14.5 Å². The second kappa shape index (κ2) is 13.9. The minimum absolute atomic E-state index is 0.134. The number of aromatic carboxylic acids is 1. The maximum absolute atomic E-state index is 14.8. The van der Waals surface area contributed by atoms with E-state index in [1.54, 1.807) is 17.0 Å². The highest BCUT2D eigenvalue weighted by molar-refractivity contribution is 6.35. The number of benzene rings is 3. The van der Waals surface area contributed by atoms with Gasteiger partial charge in [-0.3, -0.25) is 9.48 Å². The first-order valence-electron chi connectivity index (χ1n) is 17.2. The number of ether oxygens (including phenoxy) is 2. The summed E-state index contributed by atoms with van der Waals surface area (Å²) in [5, 5.41) is 17.0. The van der Waals surface area contributed by atoms with Gasteiger partial charge in [-0.05, 0) is 93.6 Å². The van der Waals surface area contributed by atoms with Crippen molar-refractivity contribution in [3.05, 3.63) is 91.8 Å². The van der Waals surface area contributed by atoms with E-state index in [2.05, 4.69) is 14.6 Å². The Morgan fingerprint density at radius 2 is 1.65 bits per heavy atom. The second-order valence-electron chi connectivity index (χ2n) is 13.4. The largest absolute Gasteiger partial charge is 0.494 e. The molecule has 12 heteroatoms. The monoisotopic (exact) mass is 729 g/mol. The van der Waals surface area contributed by atoms with E-state index in [1.807, 2.05) is 69.8 Å². The lowest BCUT2D eigenvalue weighted by Gasteiger charge is -2.33. The van der Waals surface area contributed by atoms with Gasteiger partial charge in [0.25, 0.3) is 5.91 Å². The number of morpholine rings is 1. The molecule has 0 spiro atoms. The first-order valence-corrected chi connectivity index (χ1v) is 18.0. The van der Waals surface area contributed by atoms with Crippen LogP contribution in [-0.4, -0.2) is 70.8 Å². The van der Waals surface area contributed by atoms with Gasteiger partial charge < -0.3 is 28.9 Å². The van der Waals surface area contributed by atoms with Crippen LogP contribution in [0.2, 0.25) is 10.0 Å². The Morgan fingerprint density at radius 3 is 2.31 bits per heavy atom. The maximum atomic E-state index is 14.8. The van der Waals surface area contributed by atoms with Crippen LogP contribution in [0, 0.1) is 27.7 Å². The minimum atomic E-state index is -1.04. The predicted octanol–water partition coefficient (Wildman–Crippen LogP) is 7.79. The molecule has 1 amide bonds. The summed E-state index contributed by atoms with van der Waals surface area (Å²) >= 11 is 13.4. The smallest absolute Gasteiger partial charge is 0.335 e. The molecule has 0 radical (unpaired) electrons. The van der Waals surface area contributed by atoms with E-state index in [0.29, 0.717) is 75.2 Å². The van der Waals surface area contributed by atoms with Crippen LogP contribution in [0.15, 0.2) is 42.5 Å². The molecule has 0 bridgehead atoms. The molecule has 51 heavy (non-hydrogen) atoms. The Kier molecular flexibility index (Phi) is 9.52. The van der Waals surface area contributed by atoms with Gasteiger partial charge in [0, 0.05) is 71.8 Å². The summed E-state index contributed by atoms with van der Waals surface area (Å²) in [6.45, 7) is 11.6. The molecule has 4 heterocycles. The number of aromatic nitrogens is 3. The molecule has 5 aromatic rings. The third-order valence-electron chi connectivity index (χ3n) is 10.1. The van der Waals surface area contributed by atoms with Crippen molar-refractivity contribution in [2.45, 2.75) is 47.1 Å². The topological polar surface area (TPSA) is 102 Å². The molecule has 2 aliphatic rings. The highest BCUT2D eigenvalue weighted by atomic mass is 35.5. The molecule has 0 saturated carbocycles. The molecular weight excluding hydrogens is 689 g/mol. The number of hydrogen-bond acceptors (Lipinski definition) is 6. The van der Waals surface area contributed by atoms with Crippen LogP contribution in [0.1, 0.15) is 55.3 Å². The Hall–Kier alpha value is -4.51. The van der Waals surface area contributed by atoms with Gasteiger partial charge in [-0.25, -0.2) is 4.79 Å². The van der Waals surface area contributed by atoms with Crippen molar-refractivity contribution in [3.8, 4) is 16.9 Å². The fourth-order valence-corrected chi connectivity index (χ4v) is 7.93. The first kappa shape index (κ1) is 34.9. The number of amides is 1. The number of carboxylic acid groups (broad SMARTS) is 1. The molecule has 1 saturated heterocycles. The number of aryl methyl sites for hydroxylation is 5. The summed E-state index contributed by atoms with van der Waals surface area (Å²) in [6.07, 6.45) is 1.23. The second-order valence-corrected chi connectivity index (χ2v) is 14.2. The van der Waals surface area contributed by atoms with Gasteiger partial charge >= 0.3 is 5.97 Å². The zero-order chi connectivity index (χ0) is 36.1. The summed E-state index contributed by atoms with van der Waals surface area (Å²) in [5.41, 5.74) is 9.39. The molecule has 1 N–H and O–H groups in total. The van der Waals surface area contributed by atoms with E-state index < -0.39 is 5.97 Å². The summed E-state index contributed by atoms with van der Waals surface area (Å²) < 4.78 is 15.7. The number of carbonyl (C=O) groups excluding carboxylic acids is 1. The zero-order valence-electron chi connectivity index (χ0n) is 29.5. The molecule has 7 rings (SSSR count). The lowest BCUT2D eigenvalue weighted by atomic mass is 9.98. The van der Waals surface area contributed by atoms with Gasteiger partial charge in [0.1, 0.15) is 11.4 Å². The minimum Gasteiger partial charge on any atom is -0.494 e. The lowest BCUT2D eigenvalue weighted by molar-refractivity contribution is 0.0696. The third kappa shape index (κ3) is 6.34. The van der Waals surface area contributed by atoms with Crippen molar-refractivity contribution in [1.29, 1.82) is 0 Å². The van der Waals surface area contributed by atoms with Crippen LogP contribution in [0.3, 0.4) is 0 Å². The Labute approximate surface area is 307 Å². The fourth-order valence-electron chi connectivity index (χ4n) is 7.57. The van der Waals surface area contributed by atoms with Crippen LogP contribution in [0.5, 0.6) is 5.75 Å².